The molecule has 0 aromatic heterocycles. The van der Waals surface area contributed by atoms with Gasteiger partial charge in [0.25, 0.3) is 0 Å². The molecule has 0 saturated carbocycles. The van der Waals surface area contributed by atoms with Crippen molar-refractivity contribution in [3.05, 3.63) is 71.5 Å². The van der Waals surface area contributed by atoms with Crippen molar-refractivity contribution < 1.29 is 9.18 Å². The van der Waals surface area contributed by atoms with Crippen LogP contribution in [0.15, 0.2) is 54.6 Å². The van der Waals surface area contributed by atoms with Crippen molar-refractivity contribution in [1.29, 1.82) is 0 Å². The summed E-state index contributed by atoms with van der Waals surface area (Å²) in [5.41, 5.74) is 6.93. The number of carbonyl (C=O) groups excluding carboxylic acids is 1. The van der Waals surface area contributed by atoms with E-state index in [0.717, 1.165) is 5.56 Å². The minimum absolute atomic E-state index is 0.0820. The second-order valence-corrected chi connectivity index (χ2v) is 7.00. The van der Waals surface area contributed by atoms with Gasteiger partial charge < -0.3 is 10.6 Å². The van der Waals surface area contributed by atoms with Crippen LogP contribution in [-0.2, 0) is 10.2 Å². The van der Waals surface area contributed by atoms with E-state index in [1.807, 2.05) is 30.3 Å². The van der Waals surface area contributed by atoms with E-state index >= 15 is 0 Å². The smallest absolute Gasteiger partial charge is 0.232 e. The average molecular weight is 326 g/mol. The molecule has 126 valence electrons. The fourth-order valence-electron chi connectivity index (χ4n) is 3.53. The standard InChI is InChI=1S/C20H23FN2O/c1-20(2,16-10-6-7-11-17(16)21)19(24)23-12-15(18(22)13-23)14-8-4-3-5-9-14/h3-11,15,18H,12-13,22H2,1-2H3/t15-,18+/m0/s1. The highest BCUT2D eigenvalue weighted by molar-refractivity contribution is 5.88. The van der Waals surface area contributed by atoms with Crippen LogP contribution in [0.3, 0.4) is 0 Å². The van der Waals surface area contributed by atoms with Gasteiger partial charge >= 0.3 is 0 Å². The van der Waals surface area contributed by atoms with Gasteiger partial charge in [-0.3, -0.25) is 4.79 Å². The zero-order valence-electron chi connectivity index (χ0n) is 14.1. The Hall–Kier alpha value is -2.20. The molecule has 1 heterocycles. The lowest BCUT2D eigenvalue weighted by atomic mass is 9.83. The third-order valence-corrected chi connectivity index (χ3v) is 4.96. The zero-order chi connectivity index (χ0) is 17.3. The van der Waals surface area contributed by atoms with Gasteiger partial charge in [0.05, 0.1) is 5.41 Å². The molecule has 1 saturated heterocycles. The van der Waals surface area contributed by atoms with E-state index < -0.39 is 5.41 Å². The normalized spacial score (nSPS) is 21.1. The van der Waals surface area contributed by atoms with E-state index in [1.165, 1.54) is 6.07 Å². The first-order chi connectivity index (χ1) is 11.4. The van der Waals surface area contributed by atoms with Gasteiger partial charge in [-0.05, 0) is 25.5 Å². The van der Waals surface area contributed by atoms with Crippen molar-refractivity contribution in [3.63, 3.8) is 0 Å². The number of rotatable bonds is 3. The molecule has 0 aliphatic carbocycles. The van der Waals surface area contributed by atoms with Crippen molar-refractivity contribution >= 4 is 5.91 Å². The van der Waals surface area contributed by atoms with Gasteiger partial charge in [-0.25, -0.2) is 4.39 Å². The molecule has 3 rings (SSSR count). The Bertz CT molecular complexity index is 729. The quantitative estimate of drug-likeness (QED) is 0.942. The summed E-state index contributed by atoms with van der Waals surface area (Å²) >= 11 is 0. The largest absolute Gasteiger partial charge is 0.340 e. The highest BCUT2D eigenvalue weighted by atomic mass is 19.1. The molecule has 24 heavy (non-hydrogen) atoms. The molecule has 2 atom stereocenters. The van der Waals surface area contributed by atoms with Crippen LogP contribution in [0.4, 0.5) is 4.39 Å². The van der Waals surface area contributed by atoms with Crippen LogP contribution < -0.4 is 5.73 Å². The lowest BCUT2D eigenvalue weighted by molar-refractivity contribution is -0.135. The lowest BCUT2D eigenvalue weighted by Gasteiger charge is -2.30. The van der Waals surface area contributed by atoms with Gasteiger partial charge in [0.15, 0.2) is 0 Å². The molecular weight excluding hydrogens is 303 g/mol. The summed E-state index contributed by atoms with van der Waals surface area (Å²) in [6, 6.07) is 16.4. The van der Waals surface area contributed by atoms with Crippen molar-refractivity contribution in [2.75, 3.05) is 13.1 Å². The minimum atomic E-state index is -0.920. The molecule has 1 fully saturated rings. The van der Waals surface area contributed by atoms with Crippen LogP contribution in [-0.4, -0.2) is 29.9 Å². The number of amides is 1. The molecular formula is C20H23FN2O. The molecule has 2 aromatic rings. The topological polar surface area (TPSA) is 46.3 Å². The first-order valence-corrected chi connectivity index (χ1v) is 8.26. The van der Waals surface area contributed by atoms with Crippen molar-refractivity contribution in [1.82, 2.24) is 4.90 Å². The van der Waals surface area contributed by atoms with Gasteiger partial charge in [0, 0.05) is 30.6 Å². The van der Waals surface area contributed by atoms with Crippen molar-refractivity contribution in [3.8, 4) is 0 Å². The average Bonchev–Trinajstić information content (AvgIpc) is 2.97. The van der Waals surface area contributed by atoms with Crippen LogP contribution in [0.5, 0.6) is 0 Å². The molecule has 3 nitrogen and oxygen atoms in total. The van der Waals surface area contributed by atoms with Crippen molar-refractivity contribution in [2.45, 2.75) is 31.2 Å². The number of carbonyl (C=O) groups is 1. The fraction of sp³-hybridized carbons (Fsp3) is 0.350. The van der Waals surface area contributed by atoms with Gasteiger partial charge in [-0.15, -0.1) is 0 Å². The first kappa shape index (κ1) is 16.7. The van der Waals surface area contributed by atoms with Gasteiger partial charge in [-0.1, -0.05) is 48.5 Å². The van der Waals surface area contributed by atoms with E-state index in [4.69, 9.17) is 5.73 Å². The van der Waals surface area contributed by atoms with Gasteiger partial charge in [-0.2, -0.15) is 0 Å². The Balaban J connectivity index is 1.82. The Morgan fingerprint density at radius 1 is 1.08 bits per heavy atom. The predicted molar refractivity (Wildman–Crippen MR) is 93.2 cm³/mol. The maximum atomic E-state index is 14.2. The maximum Gasteiger partial charge on any atom is 0.232 e. The van der Waals surface area contributed by atoms with Crippen LogP contribution in [0.25, 0.3) is 0 Å². The predicted octanol–water partition coefficient (Wildman–Crippen LogP) is 3.06. The summed E-state index contributed by atoms with van der Waals surface area (Å²) in [6.07, 6.45) is 0. The van der Waals surface area contributed by atoms with Crippen LogP contribution in [0, 0.1) is 5.82 Å². The summed E-state index contributed by atoms with van der Waals surface area (Å²) in [6.45, 7) is 4.61. The molecule has 0 bridgehead atoms. The summed E-state index contributed by atoms with van der Waals surface area (Å²) in [7, 11) is 0. The molecule has 1 amide bonds. The summed E-state index contributed by atoms with van der Waals surface area (Å²) in [5.74, 6) is -0.313. The number of benzene rings is 2. The van der Waals surface area contributed by atoms with E-state index in [1.54, 1.807) is 36.9 Å². The Kier molecular flexibility index (Phi) is 4.41. The second-order valence-electron chi connectivity index (χ2n) is 7.00. The number of nitrogens with two attached hydrogens (primary N) is 1. The van der Waals surface area contributed by atoms with Crippen LogP contribution >= 0.6 is 0 Å². The Morgan fingerprint density at radius 2 is 1.71 bits per heavy atom. The molecule has 1 aliphatic heterocycles. The lowest BCUT2D eigenvalue weighted by Crippen LogP contribution is -2.43. The van der Waals surface area contributed by atoms with Gasteiger partial charge in [0.2, 0.25) is 5.91 Å². The SMILES string of the molecule is CC(C)(C(=O)N1C[C@@H](N)[C@H](c2ccccc2)C1)c1ccccc1F. The number of likely N-dealkylation sites (tertiary alicyclic amines) is 1. The molecule has 0 radical (unpaired) electrons. The molecule has 4 heteroatoms. The summed E-state index contributed by atoms with van der Waals surface area (Å²) < 4.78 is 14.2. The Morgan fingerprint density at radius 3 is 2.38 bits per heavy atom. The molecule has 1 aliphatic rings. The molecule has 0 unspecified atom stereocenters. The monoisotopic (exact) mass is 326 g/mol. The number of nitrogens with zero attached hydrogens (tertiary/aromatic N) is 1. The van der Waals surface area contributed by atoms with Crippen molar-refractivity contribution in [2.24, 2.45) is 5.73 Å². The van der Waals surface area contributed by atoms with Gasteiger partial charge in [0.1, 0.15) is 5.82 Å². The maximum absolute atomic E-state index is 14.2. The number of hydrogen-bond donors (Lipinski definition) is 1. The van der Waals surface area contributed by atoms with E-state index in [0.29, 0.717) is 18.7 Å². The third kappa shape index (κ3) is 2.94. The molecule has 2 aromatic carbocycles. The first-order valence-electron chi connectivity index (χ1n) is 8.26. The third-order valence-electron chi connectivity index (χ3n) is 4.96. The Labute approximate surface area is 142 Å². The minimum Gasteiger partial charge on any atom is -0.340 e. The van der Waals surface area contributed by atoms with E-state index in [2.05, 4.69) is 0 Å². The number of hydrogen-bond acceptors (Lipinski definition) is 2. The fourth-order valence-corrected chi connectivity index (χ4v) is 3.53. The summed E-state index contributed by atoms with van der Waals surface area (Å²) in [5, 5.41) is 0. The van der Waals surface area contributed by atoms with Crippen LogP contribution in [0.2, 0.25) is 0 Å². The second kappa shape index (κ2) is 6.36. The summed E-state index contributed by atoms with van der Waals surface area (Å²) in [4.78, 5) is 14.8. The molecule has 0 spiro atoms. The van der Waals surface area contributed by atoms with Crippen LogP contribution in [0.1, 0.15) is 30.9 Å². The molecule has 2 N–H and O–H groups in total. The zero-order valence-corrected chi connectivity index (χ0v) is 14.1. The number of halogens is 1. The van der Waals surface area contributed by atoms with E-state index in [-0.39, 0.29) is 23.7 Å². The highest BCUT2D eigenvalue weighted by Crippen LogP contribution is 2.32. The van der Waals surface area contributed by atoms with E-state index in [9.17, 15) is 9.18 Å². The highest BCUT2D eigenvalue weighted by Gasteiger charge is 2.41.